The maximum absolute atomic E-state index is 12.8. The third kappa shape index (κ3) is 4.17. The molecule has 1 fully saturated rings. The van der Waals surface area contributed by atoms with E-state index in [1.54, 1.807) is 30.2 Å². The number of benzene rings is 2. The van der Waals surface area contributed by atoms with Crippen LogP contribution in [0.5, 0.6) is 5.75 Å². The third-order valence-corrected chi connectivity index (χ3v) is 5.86. The van der Waals surface area contributed by atoms with E-state index in [1.165, 1.54) is 4.57 Å². The number of piperazine rings is 1. The highest BCUT2D eigenvalue weighted by Gasteiger charge is 2.23. The van der Waals surface area contributed by atoms with Crippen LogP contribution in [0.4, 0.5) is 5.82 Å². The average molecular weight is 445 g/mol. The molecule has 1 aliphatic rings. The Bertz CT molecular complexity index is 1320. The summed E-state index contributed by atoms with van der Waals surface area (Å²) in [7, 11) is 1.64. The fourth-order valence-corrected chi connectivity index (χ4v) is 3.99. The van der Waals surface area contributed by atoms with E-state index >= 15 is 0 Å². The largest absolute Gasteiger partial charge is 0.497 e. The molecule has 0 N–H and O–H groups in total. The number of fused-ring (bicyclic) bond motifs is 1. The Morgan fingerprint density at radius 3 is 2.42 bits per heavy atom. The summed E-state index contributed by atoms with van der Waals surface area (Å²) < 4.78 is 11.8. The van der Waals surface area contributed by atoms with Crippen LogP contribution < -0.4 is 15.4 Å². The summed E-state index contributed by atoms with van der Waals surface area (Å²) in [5.41, 5.74) is 2.86. The number of rotatable bonds is 5. The lowest BCUT2D eigenvalue weighted by Gasteiger charge is -2.35. The zero-order chi connectivity index (χ0) is 22.8. The molecule has 1 saturated heterocycles. The molecule has 33 heavy (non-hydrogen) atoms. The van der Waals surface area contributed by atoms with Crippen molar-refractivity contribution in [2.24, 2.45) is 0 Å². The lowest BCUT2D eigenvalue weighted by molar-refractivity contribution is -0.132. The minimum atomic E-state index is -0.518. The number of hydrogen-bond donors (Lipinski definition) is 0. The molecular formula is C24H23N5O4. The smallest absolute Gasteiger partial charge is 0.420 e. The van der Waals surface area contributed by atoms with Gasteiger partial charge in [-0.15, -0.1) is 10.2 Å². The number of carbonyl (C=O) groups excluding carboxylic acids is 1. The molecule has 3 heterocycles. The van der Waals surface area contributed by atoms with E-state index in [0.29, 0.717) is 37.3 Å². The maximum atomic E-state index is 12.8. The molecular weight excluding hydrogens is 422 g/mol. The van der Waals surface area contributed by atoms with Gasteiger partial charge in [-0.1, -0.05) is 12.1 Å². The van der Waals surface area contributed by atoms with E-state index < -0.39 is 5.76 Å². The van der Waals surface area contributed by atoms with Gasteiger partial charge in [-0.3, -0.25) is 9.36 Å². The normalized spacial score (nSPS) is 14.0. The van der Waals surface area contributed by atoms with Gasteiger partial charge in [-0.25, -0.2) is 4.79 Å². The van der Waals surface area contributed by atoms with Gasteiger partial charge in [0.15, 0.2) is 11.4 Å². The van der Waals surface area contributed by atoms with Crippen molar-refractivity contribution in [2.45, 2.75) is 6.54 Å². The van der Waals surface area contributed by atoms with Crippen LogP contribution in [0.15, 0.2) is 69.9 Å². The van der Waals surface area contributed by atoms with Crippen molar-refractivity contribution in [2.75, 3.05) is 38.2 Å². The zero-order valence-electron chi connectivity index (χ0n) is 18.2. The fourth-order valence-electron chi connectivity index (χ4n) is 3.99. The Morgan fingerprint density at radius 2 is 1.73 bits per heavy atom. The highest BCUT2D eigenvalue weighted by atomic mass is 16.5. The topological polar surface area (TPSA) is 93.7 Å². The van der Waals surface area contributed by atoms with Gasteiger partial charge in [-0.2, -0.15) is 0 Å². The van der Waals surface area contributed by atoms with E-state index in [9.17, 15) is 9.59 Å². The molecule has 1 amide bonds. The molecule has 9 nitrogen and oxygen atoms in total. The SMILES string of the molecule is COc1ccc(-c2ccc(N3CCN(C(=O)Cn4c(=O)oc5ccccc54)CC3)nn2)cc1. The molecule has 0 atom stereocenters. The molecule has 0 saturated carbocycles. The number of oxazole rings is 1. The zero-order valence-corrected chi connectivity index (χ0v) is 18.2. The number of amides is 1. The Balaban J connectivity index is 1.21. The molecule has 0 spiro atoms. The van der Waals surface area contributed by atoms with E-state index in [1.807, 2.05) is 42.5 Å². The van der Waals surface area contributed by atoms with Gasteiger partial charge in [0.2, 0.25) is 5.91 Å². The number of anilines is 1. The number of methoxy groups -OCH3 is 1. The van der Waals surface area contributed by atoms with Crippen molar-refractivity contribution >= 4 is 22.8 Å². The number of para-hydroxylation sites is 2. The van der Waals surface area contributed by atoms with Crippen LogP contribution in [0.2, 0.25) is 0 Å². The van der Waals surface area contributed by atoms with Crippen molar-refractivity contribution in [3.05, 3.63) is 71.2 Å². The summed E-state index contributed by atoms with van der Waals surface area (Å²) in [6.45, 7) is 2.34. The predicted molar refractivity (Wildman–Crippen MR) is 123 cm³/mol. The van der Waals surface area contributed by atoms with Crippen LogP contribution >= 0.6 is 0 Å². The first kappa shape index (κ1) is 20.7. The molecule has 9 heteroatoms. The Labute approximate surface area is 189 Å². The van der Waals surface area contributed by atoms with Gasteiger partial charge < -0.3 is 19.0 Å². The van der Waals surface area contributed by atoms with Gasteiger partial charge >= 0.3 is 5.76 Å². The summed E-state index contributed by atoms with van der Waals surface area (Å²) in [6, 6.07) is 18.7. The lowest BCUT2D eigenvalue weighted by atomic mass is 10.1. The molecule has 2 aromatic carbocycles. The Hall–Kier alpha value is -4.14. The van der Waals surface area contributed by atoms with Crippen LogP contribution in [0.3, 0.4) is 0 Å². The van der Waals surface area contributed by atoms with Gasteiger partial charge in [0.1, 0.15) is 12.3 Å². The lowest BCUT2D eigenvalue weighted by Crippen LogP contribution is -2.50. The van der Waals surface area contributed by atoms with E-state index in [2.05, 4.69) is 15.1 Å². The summed E-state index contributed by atoms with van der Waals surface area (Å²) in [5, 5.41) is 8.74. The second-order valence-electron chi connectivity index (χ2n) is 7.79. The first-order valence-electron chi connectivity index (χ1n) is 10.7. The average Bonchev–Trinajstić information content (AvgIpc) is 3.19. The Morgan fingerprint density at radius 1 is 0.970 bits per heavy atom. The van der Waals surface area contributed by atoms with Crippen molar-refractivity contribution in [1.82, 2.24) is 19.7 Å². The minimum absolute atomic E-state index is 0.0355. The number of ether oxygens (including phenoxy) is 1. The predicted octanol–water partition coefficient (Wildman–Crippen LogP) is 2.41. The minimum Gasteiger partial charge on any atom is -0.497 e. The molecule has 0 unspecified atom stereocenters. The van der Waals surface area contributed by atoms with Crippen molar-refractivity contribution < 1.29 is 13.9 Å². The molecule has 2 aromatic heterocycles. The molecule has 0 radical (unpaired) electrons. The van der Waals surface area contributed by atoms with Crippen molar-refractivity contribution in [3.63, 3.8) is 0 Å². The summed E-state index contributed by atoms with van der Waals surface area (Å²) in [5.74, 6) is 0.942. The molecule has 168 valence electrons. The quantitative estimate of drug-likeness (QED) is 0.466. The van der Waals surface area contributed by atoms with Gasteiger partial charge in [0.25, 0.3) is 0 Å². The number of hydrogen-bond acceptors (Lipinski definition) is 7. The third-order valence-electron chi connectivity index (χ3n) is 5.86. The molecule has 1 aliphatic heterocycles. The highest BCUT2D eigenvalue weighted by Crippen LogP contribution is 2.22. The molecule has 4 aromatic rings. The molecule has 0 bridgehead atoms. The summed E-state index contributed by atoms with van der Waals surface area (Å²) >= 11 is 0. The number of nitrogens with zero attached hydrogens (tertiary/aromatic N) is 5. The van der Waals surface area contributed by atoms with Crippen LogP contribution in [0, 0.1) is 0 Å². The van der Waals surface area contributed by atoms with Crippen LogP contribution in [0.25, 0.3) is 22.4 Å². The van der Waals surface area contributed by atoms with Gasteiger partial charge in [-0.05, 0) is 48.5 Å². The monoisotopic (exact) mass is 445 g/mol. The van der Waals surface area contributed by atoms with E-state index in [4.69, 9.17) is 9.15 Å². The summed E-state index contributed by atoms with van der Waals surface area (Å²) in [6.07, 6.45) is 0. The number of carbonyl (C=O) groups is 1. The summed E-state index contributed by atoms with van der Waals surface area (Å²) in [4.78, 5) is 28.8. The van der Waals surface area contributed by atoms with E-state index in [0.717, 1.165) is 22.8 Å². The van der Waals surface area contributed by atoms with Crippen molar-refractivity contribution in [3.8, 4) is 17.0 Å². The second-order valence-corrected chi connectivity index (χ2v) is 7.79. The molecule has 5 rings (SSSR count). The van der Waals surface area contributed by atoms with Gasteiger partial charge in [0, 0.05) is 31.7 Å². The highest BCUT2D eigenvalue weighted by molar-refractivity contribution is 5.79. The first-order valence-corrected chi connectivity index (χ1v) is 10.7. The fraction of sp³-hybridized carbons (Fsp3) is 0.250. The second kappa shape index (κ2) is 8.78. The van der Waals surface area contributed by atoms with Crippen LogP contribution in [0.1, 0.15) is 0 Å². The van der Waals surface area contributed by atoms with Crippen molar-refractivity contribution in [1.29, 1.82) is 0 Å². The van der Waals surface area contributed by atoms with Crippen LogP contribution in [-0.4, -0.2) is 58.9 Å². The van der Waals surface area contributed by atoms with E-state index in [-0.39, 0.29) is 12.5 Å². The first-order chi connectivity index (χ1) is 16.1. The standard InChI is InChI=1S/C24H23N5O4/c1-32-18-8-6-17(7-9-18)19-10-11-22(26-25-19)27-12-14-28(15-13-27)23(30)16-29-20-4-2-3-5-21(20)33-24(29)31/h2-11H,12-16H2,1H3. The van der Waals surface area contributed by atoms with Gasteiger partial charge in [0.05, 0.1) is 18.3 Å². The Kier molecular flexibility index (Phi) is 5.52. The number of aromatic nitrogens is 3. The maximum Gasteiger partial charge on any atom is 0.420 e. The van der Waals surface area contributed by atoms with Crippen LogP contribution in [-0.2, 0) is 11.3 Å². The molecule has 0 aliphatic carbocycles.